The molecular formula is C21H17BrN2O3. The molecule has 0 saturated carbocycles. The van der Waals surface area contributed by atoms with Crippen LogP contribution in [0, 0.1) is 0 Å². The Morgan fingerprint density at radius 2 is 1.48 bits per heavy atom. The summed E-state index contributed by atoms with van der Waals surface area (Å²) in [5, 5.41) is 3.98. The minimum absolute atomic E-state index is 0.518. The van der Waals surface area contributed by atoms with E-state index in [9.17, 15) is 4.79 Å². The van der Waals surface area contributed by atoms with Crippen molar-refractivity contribution in [2.45, 2.75) is 6.29 Å². The molecule has 0 radical (unpaired) electrons. The quantitative estimate of drug-likeness (QED) is 0.347. The summed E-state index contributed by atoms with van der Waals surface area (Å²) in [6, 6.07) is 25.5. The Labute approximate surface area is 165 Å². The van der Waals surface area contributed by atoms with E-state index < -0.39 is 12.2 Å². The first-order valence-corrected chi connectivity index (χ1v) is 9.02. The van der Waals surface area contributed by atoms with Crippen molar-refractivity contribution < 1.29 is 14.3 Å². The number of carbonyl (C=O) groups is 1. The predicted molar refractivity (Wildman–Crippen MR) is 108 cm³/mol. The molecule has 0 aliphatic heterocycles. The maximum Gasteiger partial charge on any atom is 0.323 e. The van der Waals surface area contributed by atoms with Crippen molar-refractivity contribution in [2.24, 2.45) is 5.10 Å². The minimum Gasteiger partial charge on any atom is -0.446 e. The second kappa shape index (κ2) is 9.54. The lowest BCUT2D eigenvalue weighted by atomic mass is 10.2. The van der Waals surface area contributed by atoms with E-state index in [4.69, 9.17) is 9.47 Å². The molecule has 1 amide bonds. The highest BCUT2D eigenvalue weighted by Gasteiger charge is 2.22. The molecule has 6 heteroatoms. The van der Waals surface area contributed by atoms with E-state index in [0.29, 0.717) is 11.5 Å². The topological polar surface area (TPSA) is 59.9 Å². The van der Waals surface area contributed by atoms with E-state index in [1.807, 2.05) is 60.7 Å². The van der Waals surface area contributed by atoms with Crippen LogP contribution in [-0.4, -0.2) is 18.4 Å². The van der Waals surface area contributed by atoms with Gasteiger partial charge < -0.3 is 9.47 Å². The molecule has 0 atom stereocenters. The fourth-order valence-electron chi connectivity index (χ4n) is 2.19. The van der Waals surface area contributed by atoms with Crippen LogP contribution in [0.1, 0.15) is 5.56 Å². The molecule has 0 aliphatic carbocycles. The number of hydrazone groups is 1. The van der Waals surface area contributed by atoms with Crippen LogP contribution in [0.5, 0.6) is 11.5 Å². The lowest BCUT2D eigenvalue weighted by molar-refractivity contribution is -0.140. The molecule has 0 spiro atoms. The van der Waals surface area contributed by atoms with Crippen molar-refractivity contribution in [1.82, 2.24) is 5.43 Å². The van der Waals surface area contributed by atoms with Gasteiger partial charge in [0.15, 0.2) is 0 Å². The molecule has 3 rings (SSSR count). The van der Waals surface area contributed by atoms with Gasteiger partial charge >= 0.3 is 12.2 Å². The highest BCUT2D eigenvalue weighted by atomic mass is 79.9. The summed E-state index contributed by atoms with van der Waals surface area (Å²) in [5.41, 5.74) is 3.30. The highest BCUT2D eigenvalue weighted by molar-refractivity contribution is 9.10. The molecule has 136 valence electrons. The molecule has 3 aromatic carbocycles. The van der Waals surface area contributed by atoms with Gasteiger partial charge in [-0.15, -0.1) is 0 Å². The number of ether oxygens (including phenoxy) is 2. The smallest absolute Gasteiger partial charge is 0.323 e. The normalized spacial score (nSPS) is 10.7. The number of rotatable bonds is 7. The molecule has 1 N–H and O–H groups in total. The van der Waals surface area contributed by atoms with Crippen LogP contribution in [0.4, 0.5) is 0 Å². The van der Waals surface area contributed by atoms with Crippen LogP contribution in [0.25, 0.3) is 0 Å². The molecule has 0 saturated heterocycles. The zero-order chi connectivity index (χ0) is 18.9. The van der Waals surface area contributed by atoms with Gasteiger partial charge in [-0.25, -0.2) is 5.43 Å². The van der Waals surface area contributed by atoms with Crippen molar-refractivity contribution in [1.29, 1.82) is 0 Å². The summed E-state index contributed by atoms with van der Waals surface area (Å²) in [6.07, 6.45) is 0.361. The van der Waals surface area contributed by atoms with Gasteiger partial charge in [0.2, 0.25) is 0 Å². The molecule has 0 aliphatic rings. The van der Waals surface area contributed by atoms with Crippen molar-refractivity contribution in [3.05, 3.63) is 95.0 Å². The first-order chi connectivity index (χ1) is 13.2. The number of hydrogen-bond donors (Lipinski definition) is 1. The highest BCUT2D eigenvalue weighted by Crippen LogP contribution is 2.16. The number of nitrogens with one attached hydrogen (secondary N) is 1. The summed E-state index contributed by atoms with van der Waals surface area (Å²) in [5.74, 6) is 0.517. The first kappa shape index (κ1) is 18.7. The van der Waals surface area contributed by atoms with E-state index in [1.165, 1.54) is 0 Å². The van der Waals surface area contributed by atoms with E-state index in [-0.39, 0.29) is 0 Å². The number of nitrogens with zero attached hydrogens (tertiary/aromatic N) is 1. The van der Waals surface area contributed by atoms with Crippen molar-refractivity contribution in [3.63, 3.8) is 0 Å². The van der Waals surface area contributed by atoms with E-state index in [1.54, 1.807) is 30.5 Å². The maximum atomic E-state index is 12.5. The zero-order valence-electron chi connectivity index (χ0n) is 14.3. The van der Waals surface area contributed by atoms with Gasteiger partial charge in [-0.1, -0.05) is 64.5 Å². The van der Waals surface area contributed by atoms with Crippen LogP contribution in [0.15, 0.2) is 94.5 Å². The number of amides is 1. The second-order valence-electron chi connectivity index (χ2n) is 5.48. The lowest BCUT2D eigenvalue weighted by Crippen LogP contribution is -2.40. The number of carbonyl (C=O) groups excluding carboxylic acids is 1. The van der Waals surface area contributed by atoms with Crippen LogP contribution < -0.4 is 14.9 Å². The first-order valence-electron chi connectivity index (χ1n) is 8.22. The van der Waals surface area contributed by atoms with Crippen molar-refractivity contribution >= 4 is 28.1 Å². The van der Waals surface area contributed by atoms with Gasteiger partial charge in [0.05, 0.1) is 6.21 Å². The fraction of sp³-hybridized carbons (Fsp3) is 0.0476. The zero-order valence-corrected chi connectivity index (χ0v) is 15.9. The van der Waals surface area contributed by atoms with Gasteiger partial charge in [-0.3, -0.25) is 4.79 Å². The lowest BCUT2D eigenvalue weighted by Gasteiger charge is -2.18. The predicted octanol–water partition coefficient (Wildman–Crippen LogP) is 4.38. The largest absolute Gasteiger partial charge is 0.446 e. The third kappa shape index (κ3) is 5.97. The molecule has 3 aromatic rings. The van der Waals surface area contributed by atoms with E-state index >= 15 is 0 Å². The standard InChI is InChI=1S/C21H17BrN2O3/c22-17-9-7-8-16(14-17)15-23-24-20(25)21(26-18-10-3-1-4-11-18)27-19-12-5-2-6-13-19/h1-15,21H,(H,24,25)/b23-15-. The summed E-state index contributed by atoms with van der Waals surface area (Å²) in [7, 11) is 0. The fourth-order valence-corrected chi connectivity index (χ4v) is 2.60. The Balaban J connectivity index is 1.69. The van der Waals surface area contributed by atoms with Crippen LogP contribution >= 0.6 is 15.9 Å². The molecule has 0 bridgehead atoms. The monoisotopic (exact) mass is 424 g/mol. The third-order valence-electron chi connectivity index (χ3n) is 3.42. The molecule has 0 heterocycles. The van der Waals surface area contributed by atoms with E-state index in [0.717, 1.165) is 10.0 Å². The average molecular weight is 425 g/mol. The Hall–Kier alpha value is -3.12. The van der Waals surface area contributed by atoms with E-state index in [2.05, 4.69) is 26.5 Å². The van der Waals surface area contributed by atoms with Gasteiger partial charge in [-0.2, -0.15) is 5.10 Å². The Morgan fingerprint density at radius 1 is 0.889 bits per heavy atom. The van der Waals surface area contributed by atoms with Crippen LogP contribution in [-0.2, 0) is 4.79 Å². The molecular weight excluding hydrogens is 408 g/mol. The van der Waals surface area contributed by atoms with Gasteiger partial charge in [0.1, 0.15) is 11.5 Å². The number of hydrogen-bond acceptors (Lipinski definition) is 4. The summed E-state index contributed by atoms with van der Waals surface area (Å²) < 4.78 is 12.3. The van der Waals surface area contributed by atoms with Crippen molar-refractivity contribution in [3.8, 4) is 11.5 Å². The average Bonchev–Trinajstić information content (AvgIpc) is 2.69. The molecule has 0 aromatic heterocycles. The minimum atomic E-state index is -1.19. The maximum absolute atomic E-state index is 12.5. The molecule has 27 heavy (non-hydrogen) atoms. The number of halogens is 1. The van der Waals surface area contributed by atoms with Gasteiger partial charge in [0.25, 0.3) is 0 Å². The third-order valence-corrected chi connectivity index (χ3v) is 3.92. The number of para-hydroxylation sites is 2. The van der Waals surface area contributed by atoms with Gasteiger partial charge in [0, 0.05) is 4.47 Å². The molecule has 5 nitrogen and oxygen atoms in total. The van der Waals surface area contributed by atoms with Crippen LogP contribution in [0.2, 0.25) is 0 Å². The second-order valence-corrected chi connectivity index (χ2v) is 6.40. The van der Waals surface area contributed by atoms with Gasteiger partial charge in [-0.05, 0) is 42.0 Å². The van der Waals surface area contributed by atoms with Crippen LogP contribution in [0.3, 0.4) is 0 Å². The summed E-state index contributed by atoms with van der Waals surface area (Å²) >= 11 is 3.39. The molecule has 0 fully saturated rings. The number of benzene rings is 3. The summed E-state index contributed by atoms with van der Waals surface area (Å²) in [4.78, 5) is 12.5. The SMILES string of the molecule is O=C(N/N=C\c1cccc(Br)c1)C(Oc1ccccc1)Oc1ccccc1. The summed E-state index contributed by atoms with van der Waals surface area (Å²) in [6.45, 7) is 0. The Kier molecular flexibility index (Phi) is 6.60. The van der Waals surface area contributed by atoms with Crippen molar-refractivity contribution in [2.75, 3.05) is 0 Å². The molecule has 0 unspecified atom stereocenters. The Bertz CT molecular complexity index is 860. The Morgan fingerprint density at radius 3 is 2.04 bits per heavy atom.